The van der Waals surface area contributed by atoms with Gasteiger partial charge in [-0.1, -0.05) is 95.6 Å². The maximum Gasteiger partial charge on any atom is 1.00 e. The summed E-state index contributed by atoms with van der Waals surface area (Å²) in [6, 6.07) is 35.9. The number of esters is 2. The molecule has 0 radical (unpaired) electrons. The van der Waals surface area contributed by atoms with Gasteiger partial charge in [0.25, 0.3) is 11.8 Å². The van der Waals surface area contributed by atoms with E-state index in [2.05, 4.69) is 39.7 Å². The molecule has 2 fully saturated rings. The average Bonchev–Trinajstić information content (AvgIpc) is 3.74. The largest absolute Gasteiger partial charge is 1.00 e. The van der Waals surface area contributed by atoms with Crippen molar-refractivity contribution in [1.29, 1.82) is 0 Å². The van der Waals surface area contributed by atoms with Crippen molar-refractivity contribution in [3.8, 4) is 34.9 Å². The molecule has 344 valence electrons. The van der Waals surface area contributed by atoms with Gasteiger partial charge in [-0.25, -0.2) is 19.6 Å². The molecule has 6 aromatic rings. The van der Waals surface area contributed by atoms with Crippen molar-refractivity contribution in [2.75, 3.05) is 40.4 Å². The third-order valence-electron chi connectivity index (χ3n) is 10.1. The SMILES string of the molecule is CCOC(=O)c1nc(-c2cccc(C#C[C@]3(O)CCN(C)C3=O)c2)cc2ccccc12.CCOC(=O)c1nc(Cl)cc2ccccc12.CN1CC[C@@](O)(C#Cc2c[c-]ccc2)C1=O.FB(F)F.[K+]. The summed E-state index contributed by atoms with van der Waals surface area (Å²) in [4.78, 5) is 59.4. The first-order valence-electron chi connectivity index (χ1n) is 20.8. The van der Waals surface area contributed by atoms with Crippen LogP contribution in [0.25, 0.3) is 32.8 Å². The van der Waals surface area contributed by atoms with Crippen LogP contribution in [0, 0.1) is 29.7 Å². The second-order valence-electron chi connectivity index (χ2n) is 14.8. The van der Waals surface area contributed by atoms with Crippen LogP contribution in [0.1, 0.15) is 58.8 Å². The molecule has 0 aliphatic carbocycles. The minimum absolute atomic E-state index is 0. The summed E-state index contributed by atoms with van der Waals surface area (Å²) >= 11 is 5.85. The van der Waals surface area contributed by atoms with Crippen LogP contribution in [-0.4, -0.2) is 113 Å². The van der Waals surface area contributed by atoms with Gasteiger partial charge in [-0.3, -0.25) is 22.5 Å². The molecule has 0 unspecified atom stereocenters. The van der Waals surface area contributed by atoms with Crippen molar-refractivity contribution in [3.63, 3.8) is 0 Å². The van der Waals surface area contributed by atoms with Crippen molar-refractivity contribution < 1.29 is 103 Å². The number of halogens is 4. The van der Waals surface area contributed by atoms with E-state index in [0.717, 1.165) is 32.7 Å². The van der Waals surface area contributed by atoms with E-state index in [4.69, 9.17) is 21.1 Å². The van der Waals surface area contributed by atoms with E-state index in [1.54, 1.807) is 52.2 Å². The molecule has 12 nitrogen and oxygen atoms in total. The minimum Gasteiger partial charge on any atom is -0.461 e. The summed E-state index contributed by atoms with van der Waals surface area (Å²) in [5, 5.41) is 24.1. The first-order chi connectivity index (χ1) is 32.0. The predicted molar refractivity (Wildman–Crippen MR) is 248 cm³/mol. The number of hydrogen-bond acceptors (Lipinski definition) is 10. The Morgan fingerprint density at radius 1 is 0.735 bits per heavy atom. The second-order valence-corrected chi connectivity index (χ2v) is 15.2. The molecule has 68 heavy (non-hydrogen) atoms. The van der Waals surface area contributed by atoms with Crippen LogP contribution in [0.5, 0.6) is 0 Å². The van der Waals surface area contributed by atoms with E-state index in [1.807, 2.05) is 84.9 Å². The molecule has 2 aliphatic rings. The topological polar surface area (TPSA) is 159 Å². The van der Waals surface area contributed by atoms with Crippen molar-refractivity contribution in [2.24, 2.45) is 0 Å². The fourth-order valence-electron chi connectivity index (χ4n) is 6.74. The van der Waals surface area contributed by atoms with Gasteiger partial charge in [0.05, 0.1) is 18.9 Å². The maximum absolute atomic E-state index is 12.5. The maximum atomic E-state index is 12.5. The fourth-order valence-corrected chi connectivity index (χ4v) is 6.94. The van der Waals surface area contributed by atoms with Crippen molar-refractivity contribution in [2.45, 2.75) is 37.9 Å². The Hall–Kier alpha value is -5.60. The van der Waals surface area contributed by atoms with E-state index in [1.165, 1.54) is 9.80 Å². The van der Waals surface area contributed by atoms with Crippen molar-refractivity contribution in [1.82, 2.24) is 19.8 Å². The molecular formula is C50H44BClF3KN4O8. The van der Waals surface area contributed by atoms with Crippen LogP contribution in [0.4, 0.5) is 12.9 Å². The first kappa shape index (κ1) is 55.0. The van der Waals surface area contributed by atoms with E-state index < -0.39 is 30.7 Å². The Morgan fingerprint density at radius 3 is 1.71 bits per heavy atom. The third kappa shape index (κ3) is 14.7. The number of aromatic nitrogens is 2. The number of carbonyl (C=O) groups is 4. The van der Waals surface area contributed by atoms with Gasteiger partial charge in [0.2, 0.25) is 11.2 Å². The number of likely N-dealkylation sites (tertiary alicyclic amines) is 2. The first-order valence-corrected chi connectivity index (χ1v) is 21.2. The van der Waals surface area contributed by atoms with E-state index in [-0.39, 0.29) is 87.6 Å². The van der Waals surface area contributed by atoms with Gasteiger partial charge in [-0.2, -0.15) is 30.3 Å². The number of amides is 2. The number of hydrogen-bond donors (Lipinski definition) is 2. The standard InChI is InChI=1S/C25H22N2O4.C13H12NO2.C12H10ClNO2.BF3.K/c1-3-31-23(28)22-20-10-5-4-8-18(20)16-21(26-22)19-9-6-7-17(15-19)11-12-25(30)13-14-27(2)24(25)29;1-14-10-9-13(16,12(14)15)8-7-11-5-3-2-4-6-11;1-2-16-12(15)11-9-6-4-3-5-8(9)7-10(13)14-11;2-1(3)4;/h4-10,15-16,30H,3,13-14H2,1-2H3;2-3,5-6,16H,9-10H2,1H3;3-7H,2H2,1H3;;/q;-1;;;+1/t25-;13-;;;/m00.../s1. The number of pyridine rings is 2. The molecular weight excluding hydrogens is 927 g/mol. The van der Waals surface area contributed by atoms with Gasteiger partial charge in [-0.15, -0.1) is 5.92 Å². The van der Waals surface area contributed by atoms with Crippen LogP contribution in [-0.2, 0) is 19.1 Å². The summed E-state index contributed by atoms with van der Waals surface area (Å²) in [5.74, 6) is 9.48. The number of likely N-dealkylation sites (N-methyl/N-ethyl adjacent to an activating group) is 2. The average molecular weight is 971 g/mol. The van der Waals surface area contributed by atoms with Gasteiger partial charge in [0.1, 0.15) is 5.15 Å². The minimum atomic E-state index is -3.67. The Kier molecular flexibility index (Phi) is 20.8. The van der Waals surface area contributed by atoms with E-state index in [0.29, 0.717) is 42.5 Å². The van der Waals surface area contributed by atoms with Crippen LogP contribution in [0.2, 0.25) is 5.15 Å². The number of fused-ring (bicyclic) bond motifs is 2. The number of rotatable bonds is 5. The number of aliphatic hydroxyl groups is 2. The van der Waals surface area contributed by atoms with Gasteiger partial charge < -0.3 is 29.5 Å². The normalized spacial score (nSPS) is 16.7. The second kappa shape index (κ2) is 25.7. The molecule has 0 saturated carbocycles. The van der Waals surface area contributed by atoms with Crippen molar-refractivity contribution >= 4 is 64.4 Å². The summed E-state index contributed by atoms with van der Waals surface area (Å²) in [5.41, 5.74) is 0.142. The summed E-state index contributed by atoms with van der Waals surface area (Å²) < 4.78 is 39.1. The Balaban J connectivity index is 0.000000230. The van der Waals surface area contributed by atoms with Gasteiger partial charge in [-0.05, 0) is 48.9 Å². The summed E-state index contributed by atoms with van der Waals surface area (Å²) in [6.45, 7) is 5.12. The van der Waals surface area contributed by atoms with Crippen LogP contribution in [0.15, 0.2) is 109 Å². The number of carbonyl (C=O) groups excluding carboxylic acids is 4. The van der Waals surface area contributed by atoms with Gasteiger partial charge in [0.15, 0.2) is 11.4 Å². The molecule has 2 amide bonds. The fraction of sp³-hybridized carbons (Fsp3) is 0.240. The molecule has 2 aromatic heterocycles. The molecule has 4 aromatic carbocycles. The molecule has 8 rings (SSSR count). The third-order valence-corrected chi connectivity index (χ3v) is 10.3. The quantitative estimate of drug-likeness (QED) is 0.0835. The zero-order valence-electron chi connectivity index (χ0n) is 37.9. The van der Waals surface area contributed by atoms with E-state index in [9.17, 15) is 42.3 Å². The number of ether oxygens (including phenoxy) is 2. The molecule has 2 atom stereocenters. The van der Waals surface area contributed by atoms with Gasteiger partial charge >= 0.3 is 70.9 Å². The van der Waals surface area contributed by atoms with E-state index >= 15 is 0 Å². The zero-order chi connectivity index (χ0) is 48.7. The number of benzene rings is 4. The molecule has 18 heteroatoms. The zero-order valence-corrected chi connectivity index (χ0v) is 41.7. The Labute approximate surface area is 439 Å². The monoisotopic (exact) mass is 970 g/mol. The van der Waals surface area contributed by atoms with Crippen LogP contribution in [0.3, 0.4) is 0 Å². The molecule has 2 saturated heterocycles. The molecule has 0 spiro atoms. The Bertz CT molecular complexity index is 2890. The smallest absolute Gasteiger partial charge is 0.461 e. The predicted octanol–water partition coefficient (Wildman–Crippen LogP) is 4.40. The molecule has 4 heterocycles. The van der Waals surface area contributed by atoms with Crippen LogP contribution >= 0.6 is 11.6 Å². The molecule has 2 aliphatic heterocycles. The van der Waals surface area contributed by atoms with Crippen LogP contribution < -0.4 is 51.4 Å². The van der Waals surface area contributed by atoms with Crippen molar-refractivity contribution in [3.05, 3.63) is 143 Å². The summed E-state index contributed by atoms with van der Waals surface area (Å²) in [7, 11) is -0.354. The summed E-state index contributed by atoms with van der Waals surface area (Å²) in [6.07, 6.45) is 0.649. The Morgan fingerprint density at radius 2 is 1.22 bits per heavy atom. The molecule has 2 N–H and O–H groups in total. The van der Waals surface area contributed by atoms with Gasteiger partial charge in [0, 0.05) is 61.9 Å². The molecule has 0 bridgehead atoms. The number of nitrogens with zero attached hydrogens (tertiary/aromatic N) is 4.